The second-order valence-corrected chi connectivity index (χ2v) is 5.61. The van der Waals surface area contributed by atoms with Crippen LogP contribution in [-0.2, 0) is 4.79 Å². The average molecular weight is 293 g/mol. The fourth-order valence-corrected chi connectivity index (χ4v) is 2.92. The molecule has 4 nitrogen and oxygen atoms in total. The first-order valence-electron chi connectivity index (χ1n) is 7.68. The molecule has 0 bridgehead atoms. The quantitative estimate of drug-likeness (QED) is 0.846. The van der Waals surface area contributed by atoms with Gasteiger partial charge in [-0.25, -0.2) is 4.39 Å². The van der Waals surface area contributed by atoms with Gasteiger partial charge in [-0.1, -0.05) is 19.3 Å². The minimum absolute atomic E-state index is 0.0689. The van der Waals surface area contributed by atoms with Gasteiger partial charge in [0.05, 0.1) is 6.54 Å². The van der Waals surface area contributed by atoms with E-state index in [9.17, 15) is 9.18 Å². The molecule has 1 aliphatic carbocycles. The summed E-state index contributed by atoms with van der Waals surface area (Å²) in [5.74, 6) is -0.374. The zero-order valence-corrected chi connectivity index (χ0v) is 12.4. The zero-order chi connectivity index (χ0) is 15.1. The van der Waals surface area contributed by atoms with E-state index in [4.69, 9.17) is 5.73 Å². The fraction of sp³-hybridized carbons (Fsp3) is 0.562. The van der Waals surface area contributed by atoms with Crippen LogP contribution >= 0.6 is 0 Å². The first kappa shape index (κ1) is 15.9. The van der Waals surface area contributed by atoms with E-state index in [1.54, 1.807) is 12.1 Å². The highest BCUT2D eigenvalue weighted by atomic mass is 19.1. The summed E-state index contributed by atoms with van der Waals surface area (Å²) in [6, 6.07) is 6.28. The van der Waals surface area contributed by atoms with Gasteiger partial charge >= 0.3 is 0 Å². The Labute approximate surface area is 125 Å². The van der Waals surface area contributed by atoms with E-state index in [-0.39, 0.29) is 11.7 Å². The molecule has 1 aromatic carbocycles. The molecule has 0 aromatic heterocycles. The van der Waals surface area contributed by atoms with Gasteiger partial charge in [0.25, 0.3) is 0 Å². The van der Waals surface area contributed by atoms with Crippen LogP contribution in [0.2, 0.25) is 0 Å². The molecule has 3 N–H and O–H groups in total. The summed E-state index contributed by atoms with van der Waals surface area (Å²) in [4.78, 5) is 14.3. The Kier molecular flexibility index (Phi) is 6.14. The summed E-state index contributed by atoms with van der Waals surface area (Å²) in [6.07, 6.45) is 6.03. The maximum atomic E-state index is 12.8. The molecule has 1 fully saturated rings. The Bertz CT molecular complexity index is 443. The van der Waals surface area contributed by atoms with E-state index in [1.807, 2.05) is 0 Å². The predicted molar refractivity (Wildman–Crippen MR) is 82.5 cm³/mol. The minimum Gasteiger partial charge on any atom is -0.329 e. The van der Waals surface area contributed by atoms with Crippen LogP contribution in [0.1, 0.15) is 32.1 Å². The van der Waals surface area contributed by atoms with Crippen LogP contribution in [0.25, 0.3) is 0 Å². The van der Waals surface area contributed by atoms with Crippen molar-refractivity contribution in [3.8, 4) is 0 Å². The smallest absolute Gasteiger partial charge is 0.238 e. The van der Waals surface area contributed by atoms with Crippen molar-refractivity contribution in [3.63, 3.8) is 0 Å². The predicted octanol–water partition coefficient (Wildman–Crippen LogP) is 2.36. The SMILES string of the molecule is NCCN(CC(=O)Nc1ccc(F)cc1)C1CCCCC1. The van der Waals surface area contributed by atoms with Gasteiger partial charge in [0.1, 0.15) is 5.82 Å². The minimum atomic E-state index is -0.306. The lowest BCUT2D eigenvalue weighted by molar-refractivity contribution is -0.118. The highest BCUT2D eigenvalue weighted by molar-refractivity contribution is 5.92. The standard InChI is InChI=1S/C16H24FN3O/c17-13-6-8-14(9-7-13)19-16(21)12-20(11-10-18)15-4-2-1-3-5-15/h6-9,15H,1-5,10-12,18H2,(H,19,21). The van der Waals surface area contributed by atoms with Gasteiger partial charge in [-0.05, 0) is 37.1 Å². The molecule has 0 atom stereocenters. The van der Waals surface area contributed by atoms with E-state index in [0.717, 1.165) is 19.4 Å². The topological polar surface area (TPSA) is 58.4 Å². The molecule has 116 valence electrons. The van der Waals surface area contributed by atoms with Crippen molar-refractivity contribution in [1.82, 2.24) is 4.90 Å². The van der Waals surface area contributed by atoms with Crippen LogP contribution in [0.5, 0.6) is 0 Å². The van der Waals surface area contributed by atoms with Gasteiger partial charge in [-0.15, -0.1) is 0 Å². The van der Waals surface area contributed by atoms with Crippen LogP contribution in [0.15, 0.2) is 24.3 Å². The summed E-state index contributed by atoms with van der Waals surface area (Å²) < 4.78 is 12.8. The van der Waals surface area contributed by atoms with Crippen molar-refractivity contribution in [1.29, 1.82) is 0 Å². The summed E-state index contributed by atoms with van der Waals surface area (Å²) in [6.45, 7) is 1.64. The summed E-state index contributed by atoms with van der Waals surface area (Å²) in [5.41, 5.74) is 6.29. The highest BCUT2D eigenvalue weighted by Crippen LogP contribution is 2.22. The van der Waals surface area contributed by atoms with Crippen molar-refractivity contribution < 1.29 is 9.18 Å². The molecule has 1 saturated carbocycles. The first-order chi connectivity index (χ1) is 10.2. The normalized spacial score (nSPS) is 16.1. The van der Waals surface area contributed by atoms with E-state index >= 15 is 0 Å². The number of carbonyl (C=O) groups is 1. The molecule has 0 unspecified atom stereocenters. The lowest BCUT2D eigenvalue weighted by Gasteiger charge is -2.33. The average Bonchev–Trinajstić information content (AvgIpc) is 2.50. The summed E-state index contributed by atoms with van der Waals surface area (Å²) in [7, 11) is 0. The number of amides is 1. The third-order valence-corrected chi connectivity index (χ3v) is 3.98. The molecule has 1 aliphatic rings. The lowest BCUT2D eigenvalue weighted by Crippen LogP contribution is -2.44. The second-order valence-electron chi connectivity index (χ2n) is 5.61. The number of hydrogen-bond donors (Lipinski definition) is 2. The molecule has 1 aromatic rings. The van der Waals surface area contributed by atoms with Crippen molar-refractivity contribution in [3.05, 3.63) is 30.1 Å². The first-order valence-corrected chi connectivity index (χ1v) is 7.68. The van der Waals surface area contributed by atoms with Gasteiger partial charge in [-0.2, -0.15) is 0 Å². The van der Waals surface area contributed by atoms with Crippen LogP contribution in [-0.4, -0.2) is 36.5 Å². The zero-order valence-electron chi connectivity index (χ0n) is 12.4. The molecule has 0 saturated heterocycles. The van der Waals surface area contributed by atoms with Gasteiger partial charge < -0.3 is 11.1 Å². The molecule has 5 heteroatoms. The maximum Gasteiger partial charge on any atom is 0.238 e. The van der Waals surface area contributed by atoms with Crippen molar-refractivity contribution in [2.24, 2.45) is 5.73 Å². The Morgan fingerprint density at radius 1 is 1.24 bits per heavy atom. The number of halogens is 1. The molecule has 0 radical (unpaired) electrons. The molecule has 0 spiro atoms. The van der Waals surface area contributed by atoms with Gasteiger partial charge in [-0.3, -0.25) is 9.69 Å². The molecule has 0 aliphatic heterocycles. The second kappa shape index (κ2) is 8.10. The third kappa shape index (κ3) is 5.10. The molecule has 21 heavy (non-hydrogen) atoms. The molecule has 2 rings (SSSR count). The molecular weight excluding hydrogens is 269 g/mol. The number of nitrogens with zero attached hydrogens (tertiary/aromatic N) is 1. The van der Waals surface area contributed by atoms with Crippen molar-refractivity contribution in [2.75, 3.05) is 25.0 Å². The van der Waals surface area contributed by atoms with Crippen LogP contribution in [0.4, 0.5) is 10.1 Å². The third-order valence-electron chi connectivity index (χ3n) is 3.98. The van der Waals surface area contributed by atoms with Crippen LogP contribution in [0, 0.1) is 5.82 Å². The van der Waals surface area contributed by atoms with Crippen LogP contribution in [0.3, 0.4) is 0 Å². The monoisotopic (exact) mass is 293 g/mol. The van der Waals surface area contributed by atoms with E-state index in [1.165, 1.54) is 31.4 Å². The van der Waals surface area contributed by atoms with Gasteiger partial charge in [0, 0.05) is 24.8 Å². The Morgan fingerprint density at radius 2 is 1.90 bits per heavy atom. The fourth-order valence-electron chi connectivity index (χ4n) is 2.92. The van der Waals surface area contributed by atoms with E-state index in [0.29, 0.717) is 24.8 Å². The Hall–Kier alpha value is -1.46. The van der Waals surface area contributed by atoms with Crippen molar-refractivity contribution in [2.45, 2.75) is 38.1 Å². The number of rotatable bonds is 6. The number of hydrogen-bond acceptors (Lipinski definition) is 3. The molecule has 1 amide bonds. The summed E-state index contributed by atoms with van der Waals surface area (Å²) >= 11 is 0. The van der Waals surface area contributed by atoms with Crippen molar-refractivity contribution >= 4 is 11.6 Å². The maximum absolute atomic E-state index is 12.8. The number of nitrogens with two attached hydrogens (primary N) is 1. The largest absolute Gasteiger partial charge is 0.329 e. The van der Waals surface area contributed by atoms with E-state index in [2.05, 4.69) is 10.2 Å². The molecular formula is C16H24FN3O. The number of anilines is 1. The number of benzene rings is 1. The Balaban J connectivity index is 1.89. The number of nitrogens with one attached hydrogen (secondary N) is 1. The van der Waals surface area contributed by atoms with Gasteiger partial charge in [0.15, 0.2) is 0 Å². The summed E-state index contributed by atoms with van der Waals surface area (Å²) in [5, 5.41) is 2.81. The Morgan fingerprint density at radius 3 is 2.52 bits per heavy atom. The highest BCUT2D eigenvalue weighted by Gasteiger charge is 2.22. The number of carbonyl (C=O) groups excluding carboxylic acids is 1. The molecule has 0 heterocycles. The van der Waals surface area contributed by atoms with Gasteiger partial charge in [0.2, 0.25) is 5.91 Å². The van der Waals surface area contributed by atoms with Crippen LogP contribution < -0.4 is 11.1 Å². The van der Waals surface area contributed by atoms with E-state index < -0.39 is 0 Å². The lowest BCUT2D eigenvalue weighted by atomic mass is 9.94.